The first-order chi connectivity index (χ1) is 24.4. The van der Waals surface area contributed by atoms with Crippen molar-refractivity contribution in [2.75, 3.05) is 13.2 Å². The molecule has 1 rings (SSSR count). The number of rotatable bonds is 32. The molecule has 51 heavy (non-hydrogen) atoms. The van der Waals surface area contributed by atoms with Crippen LogP contribution in [0.25, 0.3) is 0 Å². The zero-order valence-electron chi connectivity index (χ0n) is 31.3. The van der Waals surface area contributed by atoms with Crippen molar-refractivity contribution >= 4 is 16.3 Å². The molecule has 8 atom stereocenters. The molecule has 0 aromatic rings. The number of aliphatic hydroxyl groups is 5. The van der Waals surface area contributed by atoms with E-state index in [2.05, 4.69) is 23.3 Å². The smallest absolute Gasteiger partial charge is 0.394 e. The SMILES string of the molecule is CCCCCCCCC/C=C/C(O)C(COC1OC(CO)C(O)C(OS(=O)(=O)O)C1O)NC(=O)C(O)CCCCCCCCCCCCCCC. The molecule has 1 saturated heterocycles. The number of carbonyl (C=O) groups excluding carboxylic acids is 1. The second-order valence-corrected chi connectivity index (χ2v) is 15.1. The average molecular weight is 754 g/mol. The van der Waals surface area contributed by atoms with Crippen LogP contribution in [0, 0.1) is 0 Å². The van der Waals surface area contributed by atoms with Crippen molar-refractivity contribution in [1.29, 1.82) is 0 Å². The van der Waals surface area contributed by atoms with Gasteiger partial charge in [-0.25, -0.2) is 4.18 Å². The molecule has 1 amide bonds. The van der Waals surface area contributed by atoms with Crippen molar-refractivity contribution < 1.29 is 57.0 Å². The van der Waals surface area contributed by atoms with Crippen molar-refractivity contribution in [3.05, 3.63) is 12.2 Å². The molecule has 0 aromatic carbocycles. The molecule has 1 heterocycles. The number of carbonyl (C=O) groups is 1. The van der Waals surface area contributed by atoms with Gasteiger partial charge in [-0.1, -0.05) is 148 Å². The van der Waals surface area contributed by atoms with Gasteiger partial charge in [0.05, 0.1) is 25.4 Å². The van der Waals surface area contributed by atoms with Crippen molar-refractivity contribution in [1.82, 2.24) is 5.32 Å². The molecule has 0 aliphatic carbocycles. The summed E-state index contributed by atoms with van der Waals surface area (Å²) in [6, 6.07) is -1.11. The lowest BCUT2D eigenvalue weighted by molar-refractivity contribution is -0.298. The zero-order chi connectivity index (χ0) is 37.9. The number of allylic oxidation sites excluding steroid dienone is 1. The van der Waals surface area contributed by atoms with Crippen molar-refractivity contribution in [3.8, 4) is 0 Å². The summed E-state index contributed by atoms with van der Waals surface area (Å²) >= 11 is 0. The van der Waals surface area contributed by atoms with Crippen molar-refractivity contribution in [3.63, 3.8) is 0 Å². The van der Waals surface area contributed by atoms with Gasteiger partial charge in [0.25, 0.3) is 0 Å². The fraction of sp³-hybridized carbons (Fsp3) is 0.919. The molecule has 302 valence electrons. The van der Waals surface area contributed by atoms with Gasteiger partial charge >= 0.3 is 10.4 Å². The number of unbranched alkanes of at least 4 members (excludes halogenated alkanes) is 19. The lowest BCUT2D eigenvalue weighted by Crippen LogP contribution is -2.61. The van der Waals surface area contributed by atoms with E-state index in [-0.39, 0.29) is 6.42 Å². The normalized spacial score (nSPS) is 23.0. The first-order valence-corrected chi connectivity index (χ1v) is 21.0. The van der Waals surface area contributed by atoms with Gasteiger partial charge in [-0.15, -0.1) is 0 Å². The molecule has 1 aliphatic heterocycles. The molecule has 1 fully saturated rings. The molecule has 1 aliphatic rings. The summed E-state index contributed by atoms with van der Waals surface area (Å²) in [6.07, 6.45) is 16.1. The maximum absolute atomic E-state index is 13.0. The molecular formula is C37H71NO12S. The quantitative estimate of drug-likeness (QED) is 0.0274. The van der Waals surface area contributed by atoms with E-state index in [1.807, 2.05) is 0 Å². The van der Waals surface area contributed by atoms with E-state index in [9.17, 15) is 38.7 Å². The van der Waals surface area contributed by atoms with E-state index in [4.69, 9.17) is 14.0 Å². The van der Waals surface area contributed by atoms with Crippen molar-refractivity contribution in [2.24, 2.45) is 0 Å². The predicted octanol–water partition coefficient (Wildman–Crippen LogP) is 5.01. The van der Waals surface area contributed by atoms with Gasteiger partial charge in [-0.3, -0.25) is 9.35 Å². The van der Waals surface area contributed by atoms with Gasteiger partial charge in [0.1, 0.15) is 30.5 Å². The Hall–Kier alpha value is -1.20. The Labute approximate surface area is 307 Å². The third kappa shape index (κ3) is 22.6. The monoisotopic (exact) mass is 753 g/mol. The van der Waals surface area contributed by atoms with Gasteiger partial charge in [0, 0.05) is 0 Å². The number of aliphatic hydroxyl groups excluding tert-OH is 5. The largest absolute Gasteiger partial charge is 0.397 e. The third-order valence-electron chi connectivity index (χ3n) is 9.43. The van der Waals surface area contributed by atoms with Crippen LogP contribution >= 0.6 is 0 Å². The standard InChI is InChI=1S/C37H71NO12S/c1-3-5-7-9-11-13-14-15-16-18-20-22-24-26-31(41)36(44)38-29(30(40)25-23-21-19-17-12-10-8-6-4-2)28-48-37-34(43)35(50-51(45,46)47)33(42)32(27-39)49-37/h23,25,29-35,37,39-43H,3-22,24,26-28H2,1-2H3,(H,38,44)(H,45,46,47)/b25-23+. The minimum absolute atomic E-state index is 0.247. The average Bonchev–Trinajstić information content (AvgIpc) is 3.09. The van der Waals surface area contributed by atoms with E-state index in [0.29, 0.717) is 12.8 Å². The lowest BCUT2D eigenvalue weighted by atomic mass is 9.99. The highest BCUT2D eigenvalue weighted by atomic mass is 32.3. The Bertz CT molecular complexity index is 1000. The van der Waals surface area contributed by atoms with E-state index in [1.54, 1.807) is 6.08 Å². The Balaban J connectivity index is 2.67. The van der Waals surface area contributed by atoms with Crippen LogP contribution in [0.1, 0.15) is 155 Å². The van der Waals surface area contributed by atoms with Gasteiger partial charge in [-0.05, 0) is 19.3 Å². The Kier molecular flexibility index (Phi) is 27.4. The second-order valence-electron chi connectivity index (χ2n) is 14.0. The Morgan fingerprint density at radius 1 is 0.784 bits per heavy atom. The summed E-state index contributed by atoms with van der Waals surface area (Å²) in [5, 5.41) is 54.8. The number of hydrogen-bond acceptors (Lipinski definition) is 11. The van der Waals surface area contributed by atoms with Crippen LogP contribution in [0.5, 0.6) is 0 Å². The Morgan fingerprint density at radius 3 is 1.76 bits per heavy atom. The van der Waals surface area contributed by atoms with E-state index in [0.717, 1.165) is 38.5 Å². The van der Waals surface area contributed by atoms with Crippen LogP contribution in [0.2, 0.25) is 0 Å². The van der Waals surface area contributed by atoms with Crippen LogP contribution in [0.15, 0.2) is 12.2 Å². The van der Waals surface area contributed by atoms with E-state index >= 15 is 0 Å². The van der Waals surface area contributed by atoms with Crippen LogP contribution in [-0.2, 0) is 28.9 Å². The maximum Gasteiger partial charge on any atom is 0.397 e. The molecule has 0 bridgehead atoms. The minimum Gasteiger partial charge on any atom is -0.394 e. The summed E-state index contributed by atoms with van der Waals surface area (Å²) < 4.78 is 47.2. The molecule has 8 unspecified atom stereocenters. The molecule has 0 radical (unpaired) electrons. The number of ether oxygens (including phenoxy) is 2. The number of hydrogen-bond donors (Lipinski definition) is 7. The van der Waals surface area contributed by atoms with E-state index in [1.165, 1.54) is 89.5 Å². The topological polar surface area (TPSA) is 212 Å². The molecular weight excluding hydrogens is 682 g/mol. The molecule has 0 spiro atoms. The van der Waals surface area contributed by atoms with Crippen LogP contribution in [0.4, 0.5) is 0 Å². The van der Waals surface area contributed by atoms with Crippen LogP contribution in [0.3, 0.4) is 0 Å². The summed E-state index contributed by atoms with van der Waals surface area (Å²) in [5.41, 5.74) is 0. The third-order valence-corrected chi connectivity index (χ3v) is 9.89. The predicted molar refractivity (Wildman–Crippen MR) is 196 cm³/mol. The maximum atomic E-state index is 13.0. The zero-order valence-corrected chi connectivity index (χ0v) is 32.1. The van der Waals surface area contributed by atoms with Crippen LogP contribution in [-0.4, -0.2) is 107 Å². The first kappa shape index (κ1) is 47.8. The molecule has 7 N–H and O–H groups in total. The summed E-state index contributed by atoms with van der Waals surface area (Å²) in [4.78, 5) is 13.0. The minimum atomic E-state index is -5.11. The Morgan fingerprint density at radius 2 is 1.27 bits per heavy atom. The highest BCUT2D eigenvalue weighted by Crippen LogP contribution is 2.26. The van der Waals surface area contributed by atoms with Gasteiger partial charge in [0.2, 0.25) is 5.91 Å². The summed E-state index contributed by atoms with van der Waals surface area (Å²) in [7, 11) is -5.11. The molecule has 13 nitrogen and oxygen atoms in total. The summed E-state index contributed by atoms with van der Waals surface area (Å²) in [6.45, 7) is 3.14. The highest BCUT2D eigenvalue weighted by Gasteiger charge is 2.48. The first-order valence-electron chi connectivity index (χ1n) is 19.7. The van der Waals surface area contributed by atoms with Gasteiger partial charge in [0.15, 0.2) is 6.29 Å². The number of nitrogens with one attached hydrogen (secondary N) is 1. The van der Waals surface area contributed by atoms with Gasteiger partial charge in [-0.2, -0.15) is 8.42 Å². The molecule has 0 saturated carbocycles. The fourth-order valence-corrected chi connectivity index (χ4v) is 6.73. The number of amides is 1. The second kappa shape index (κ2) is 29.2. The van der Waals surface area contributed by atoms with Gasteiger partial charge < -0.3 is 40.3 Å². The fourth-order valence-electron chi connectivity index (χ4n) is 6.22. The highest BCUT2D eigenvalue weighted by molar-refractivity contribution is 7.80. The van der Waals surface area contributed by atoms with Crippen LogP contribution < -0.4 is 5.32 Å². The van der Waals surface area contributed by atoms with Crippen molar-refractivity contribution in [2.45, 2.75) is 204 Å². The summed E-state index contributed by atoms with van der Waals surface area (Å²) in [5.74, 6) is -0.705. The van der Waals surface area contributed by atoms with E-state index < -0.39 is 78.5 Å². The molecule has 14 heteroatoms. The molecule has 0 aromatic heterocycles. The lowest BCUT2D eigenvalue weighted by Gasteiger charge is -2.41.